The van der Waals surface area contributed by atoms with E-state index < -0.39 is 11.4 Å². The molecule has 2 atom stereocenters. The Kier molecular flexibility index (Phi) is 4.76. The summed E-state index contributed by atoms with van der Waals surface area (Å²) in [7, 11) is 0. The van der Waals surface area contributed by atoms with Crippen LogP contribution in [-0.2, 0) is 4.79 Å². The summed E-state index contributed by atoms with van der Waals surface area (Å²) in [5.74, 6) is -0.763. The predicted molar refractivity (Wildman–Crippen MR) is 79.7 cm³/mol. The second-order valence-electron chi connectivity index (χ2n) is 6.81. The predicted octanol–water partition coefficient (Wildman–Crippen LogP) is 2.06. The van der Waals surface area contributed by atoms with Gasteiger partial charge in [0.1, 0.15) is 0 Å². The molecular weight excluding hydrogens is 270 g/mol. The van der Waals surface area contributed by atoms with Gasteiger partial charge in [-0.2, -0.15) is 0 Å². The van der Waals surface area contributed by atoms with Gasteiger partial charge in [0.25, 0.3) is 0 Å². The molecule has 0 aromatic carbocycles. The molecule has 0 aromatic heterocycles. The maximum absolute atomic E-state index is 12.4. The van der Waals surface area contributed by atoms with Crippen molar-refractivity contribution in [2.45, 2.75) is 65.0 Å². The summed E-state index contributed by atoms with van der Waals surface area (Å²) in [5.41, 5.74) is 2.33. The van der Waals surface area contributed by atoms with E-state index in [4.69, 9.17) is 0 Å². The van der Waals surface area contributed by atoms with Gasteiger partial charge in [-0.1, -0.05) is 6.42 Å². The van der Waals surface area contributed by atoms with Crippen molar-refractivity contribution in [1.29, 1.82) is 0 Å². The zero-order valence-electron chi connectivity index (χ0n) is 13.3. The highest BCUT2D eigenvalue weighted by Crippen LogP contribution is 2.31. The van der Waals surface area contributed by atoms with Crippen LogP contribution in [0.4, 0.5) is 4.79 Å². The Morgan fingerprint density at radius 1 is 1.14 bits per heavy atom. The largest absolute Gasteiger partial charge is 0.481 e. The van der Waals surface area contributed by atoms with E-state index in [-0.39, 0.29) is 6.03 Å². The number of carboxylic acid groups (broad SMARTS) is 1. The summed E-state index contributed by atoms with van der Waals surface area (Å²) in [6.07, 6.45) is 4.43. The lowest BCUT2D eigenvalue weighted by Gasteiger charge is -2.41. The zero-order chi connectivity index (χ0) is 15.6. The summed E-state index contributed by atoms with van der Waals surface area (Å²) >= 11 is 0. The van der Waals surface area contributed by atoms with Crippen LogP contribution in [0.2, 0.25) is 0 Å². The maximum atomic E-state index is 12.4. The van der Waals surface area contributed by atoms with Gasteiger partial charge >= 0.3 is 12.0 Å². The molecule has 2 saturated heterocycles. The van der Waals surface area contributed by atoms with Crippen LogP contribution < -0.4 is 5.43 Å². The first-order chi connectivity index (χ1) is 9.83. The fourth-order valence-electron chi connectivity index (χ4n) is 3.24. The Balaban J connectivity index is 1.89. The molecule has 2 aliphatic heterocycles. The summed E-state index contributed by atoms with van der Waals surface area (Å²) in [5, 5.41) is 11.3. The molecule has 0 saturated carbocycles. The van der Waals surface area contributed by atoms with Crippen molar-refractivity contribution in [2.24, 2.45) is 5.41 Å². The molecule has 2 unspecified atom stereocenters. The Hall–Kier alpha value is -1.30. The fourth-order valence-corrected chi connectivity index (χ4v) is 3.24. The van der Waals surface area contributed by atoms with E-state index in [0.717, 1.165) is 12.8 Å². The molecule has 0 bridgehead atoms. The quantitative estimate of drug-likeness (QED) is 0.818. The number of urea groups is 1. The zero-order valence-corrected chi connectivity index (χ0v) is 13.3. The molecule has 2 N–H and O–H groups in total. The third-order valence-corrected chi connectivity index (χ3v) is 5.09. The van der Waals surface area contributed by atoms with E-state index in [2.05, 4.69) is 24.3 Å². The maximum Gasteiger partial charge on any atom is 0.331 e. The minimum Gasteiger partial charge on any atom is -0.481 e. The van der Waals surface area contributed by atoms with Gasteiger partial charge in [0, 0.05) is 25.2 Å². The smallest absolute Gasteiger partial charge is 0.331 e. The highest BCUT2D eigenvalue weighted by Gasteiger charge is 2.38. The normalized spacial score (nSPS) is 30.0. The Bertz CT molecular complexity index is 395. The van der Waals surface area contributed by atoms with Gasteiger partial charge in [0.15, 0.2) is 0 Å². The number of piperidine rings is 2. The van der Waals surface area contributed by atoms with Gasteiger partial charge in [-0.05, 0) is 46.5 Å². The molecule has 0 aliphatic carbocycles. The second kappa shape index (κ2) is 6.22. The number of nitrogens with one attached hydrogen (secondary N) is 1. The molecule has 120 valence electrons. The van der Waals surface area contributed by atoms with Crippen LogP contribution in [0.1, 0.15) is 52.9 Å². The Morgan fingerprint density at radius 2 is 1.67 bits per heavy atom. The van der Waals surface area contributed by atoms with Gasteiger partial charge in [0.2, 0.25) is 0 Å². The first-order valence-corrected chi connectivity index (χ1v) is 7.91. The van der Waals surface area contributed by atoms with Gasteiger partial charge < -0.3 is 10.0 Å². The molecule has 2 aliphatic rings. The highest BCUT2D eigenvalue weighted by atomic mass is 16.4. The third kappa shape index (κ3) is 3.48. The number of rotatable bonds is 2. The Morgan fingerprint density at radius 3 is 2.14 bits per heavy atom. The lowest BCUT2D eigenvalue weighted by Crippen LogP contribution is -2.58. The van der Waals surface area contributed by atoms with E-state index in [1.54, 1.807) is 11.8 Å². The SMILES string of the molecule is CC1CCCC(C)N1NC(=O)N1CCC(C)(C(=O)O)CC1. The van der Waals surface area contributed by atoms with E-state index in [0.29, 0.717) is 38.0 Å². The first-order valence-electron chi connectivity index (χ1n) is 7.91. The molecular formula is C15H27N3O3. The van der Waals surface area contributed by atoms with Gasteiger partial charge in [0.05, 0.1) is 5.41 Å². The van der Waals surface area contributed by atoms with Gasteiger partial charge in [-0.3, -0.25) is 10.2 Å². The van der Waals surface area contributed by atoms with Crippen molar-refractivity contribution in [3.63, 3.8) is 0 Å². The van der Waals surface area contributed by atoms with E-state index >= 15 is 0 Å². The Labute approximate surface area is 126 Å². The van der Waals surface area contributed by atoms with Crippen LogP contribution in [0.25, 0.3) is 0 Å². The molecule has 0 radical (unpaired) electrons. The third-order valence-electron chi connectivity index (χ3n) is 5.09. The van der Waals surface area contributed by atoms with Crippen molar-refractivity contribution in [3.8, 4) is 0 Å². The summed E-state index contributed by atoms with van der Waals surface area (Å²) in [6, 6.07) is 0.613. The van der Waals surface area contributed by atoms with Crippen LogP contribution in [0.15, 0.2) is 0 Å². The van der Waals surface area contributed by atoms with E-state index in [1.807, 2.05) is 0 Å². The van der Waals surface area contributed by atoms with Crippen LogP contribution in [0, 0.1) is 5.41 Å². The number of carboxylic acids is 1. The molecule has 0 aromatic rings. The average Bonchev–Trinajstić information content (AvgIpc) is 2.43. The summed E-state index contributed by atoms with van der Waals surface area (Å²) in [6.45, 7) is 7.04. The molecule has 2 rings (SSSR count). The second-order valence-corrected chi connectivity index (χ2v) is 6.81. The number of nitrogens with zero attached hydrogens (tertiary/aromatic N) is 2. The summed E-state index contributed by atoms with van der Waals surface area (Å²) < 4.78 is 0. The van der Waals surface area contributed by atoms with Gasteiger partial charge in [-0.15, -0.1) is 0 Å². The van der Waals surface area contributed by atoms with Crippen molar-refractivity contribution in [1.82, 2.24) is 15.3 Å². The number of amides is 2. The van der Waals surface area contributed by atoms with Crippen molar-refractivity contribution in [3.05, 3.63) is 0 Å². The molecule has 6 nitrogen and oxygen atoms in total. The van der Waals surface area contributed by atoms with Crippen LogP contribution >= 0.6 is 0 Å². The first kappa shape index (κ1) is 16.1. The van der Waals surface area contributed by atoms with Gasteiger partial charge in [-0.25, -0.2) is 9.80 Å². The number of hydrazine groups is 1. The minimum absolute atomic E-state index is 0.0944. The van der Waals surface area contributed by atoms with Crippen LogP contribution in [0.5, 0.6) is 0 Å². The average molecular weight is 297 g/mol. The highest BCUT2D eigenvalue weighted by molar-refractivity contribution is 5.76. The molecule has 0 spiro atoms. The van der Waals surface area contributed by atoms with Crippen LogP contribution in [0.3, 0.4) is 0 Å². The topological polar surface area (TPSA) is 72.9 Å². The van der Waals surface area contributed by atoms with Crippen molar-refractivity contribution >= 4 is 12.0 Å². The monoisotopic (exact) mass is 297 g/mol. The number of hydrogen-bond donors (Lipinski definition) is 2. The van der Waals surface area contributed by atoms with Crippen molar-refractivity contribution in [2.75, 3.05) is 13.1 Å². The lowest BCUT2D eigenvalue weighted by molar-refractivity contribution is -0.150. The number of aliphatic carboxylic acids is 1. The fraction of sp³-hybridized carbons (Fsp3) is 0.867. The molecule has 2 fully saturated rings. The lowest BCUT2D eigenvalue weighted by atomic mass is 9.80. The molecule has 21 heavy (non-hydrogen) atoms. The number of carbonyl (C=O) groups excluding carboxylic acids is 1. The minimum atomic E-state index is -0.763. The molecule has 2 amide bonds. The molecule has 2 heterocycles. The van der Waals surface area contributed by atoms with E-state index in [1.165, 1.54) is 6.42 Å². The molecule has 6 heteroatoms. The van der Waals surface area contributed by atoms with E-state index in [9.17, 15) is 14.7 Å². The standard InChI is InChI=1S/C15H27N3O3/c1-11-5-4-6-12(2)18(11)16-14(21)17-9-7-15(3,8-10-17)13(19)20/h11-12H,4-10H2,1-3H3,(H,16,21)(H,19,20). The number of hydrogen-bond acceptors (Lipinski definition) is 3. The van der Waals surface area contributed by atoms with Crippen LogP contribution in [-0.4, -0.2) is 52.2 Å². The number of likely N-dealkylation sites (tertiary alicyclic amines) is 1. The number of carbonyl (C=O) groups is 2. The summed E-state index contributed by atoms with van der Waals surface area (Å²) in [4.78, 5) is 25.3. The van der Waals surface area contributed by atoms with Crippen molar-refractivity contribution < 1.29 is 14.7 Å².